The second-order valence-corrected chi connectivity index (χ2v) is 10.1. The lowest BCUT2D eigenvalue weighted by atomic mass is 9.95. The number of carbonyl (C=O) groups excluding carboxylic acids is 2. The summed E-state index contributed by atoms with van der Waals surface area (Å²) in [5.41, 5.74) is 1.36. The Hall–Kier alpha value is -1.75. The van der Waals surface area contributed by atoms with Crippen molar-refractivity contribution in [1.29, 1.82) is 0 Å². The Morgan fingerprint density at radius 3 is 2.03 bits per heavy atom. The van der Waals surface area contributed by atoms with Crippen LogP contribution in [-0.4, -0.2) is 34.1 Å². The van der Waals surface area contributed by atoms with Gasteiger partial charge in [-0.15, -0.1) is 11.8 Å². The SMILES string of the molecule is CC(C)Oc1ccc(C2=C(SC(C)C)C(=O)N(C3CCCCCCC3)C2=O)cc1. The predicted molar refractivity (Wildman–Crippen MR) is 120 cm³/mol. The average molecular weight is 416 g/mol. The van der Waals surface area contributed by atoms with Crippen LogP contribution in [0.1, 0.15) is 78.2 Å². The van der Waals surface area contributed by atoms with Crippen molar-refractivity contribution < 1.29 is 14.3 Å². The third-order valence-corrected chi connectivity index (χ3v) is 6.47. The molecule has 4 nitrogen and oxygen atoms in total. The number of ether oxygens (including phenoxy) is 1. The monoisotopic (exact) mass is 415 g/mol. The molecule has 0 spiro atoms. The predicted octanol–water partition coefficient (Wildman–Crippen LogP) is 5.81. The number of carbonyl (C=O) groups is 2. The summed E-state index contributed by atoms with van der Waals surface area (Å²) < 4.78 is 5.73. The third kappa shape index (κ3) is 5.25. The zero-order valence-electron chi connectivity index (χ0n) is 18.1. The van der Waals surface area contributed by atoms with E-state index in [4.69, 9.17) is 4.74 Å². The molecule has 0 bridgehead atoms. The Bertz CT molecular complexity index is 759. The molecule has 1 aliphatic carbocycles. The molecule has 3 rings (SSSR count). The summed E-state index contributed by atoms with van der Waals surface area (Å²) in [5.74, 6) is 0.550. The van der Waals surface area contributed by atoms with Gasteiger partial charge in [-0.1, -0.05) is 58.1 Å². The molecule has 5 heteroatoms. The smallest absolute Gasteiger partial charge is 0.268 e. The Morgan fingerprint density at radius 1 is 0.897 bits per heavy atom. The van der Waals surface area contributed by atoms with Gasteiger partial charge in [-0.2, -0.15) is 0 Å². The first-order valence-corrected chi connectivity index (χ1v) is 11.8. The Kier molecular flexibility index (Phi) is 7.44. The maximum atomic E-state index is 13.5. The number of hydrogen-bond acceptors (Lipinski definition) is 4. The van der Waals surface area contributed by atoms with Crippen molar-refractivity contribution in [3.8, 4) is 5.75 Å². The first-order chi connectivity index (χ1) is 13.9. The van der Waals surface area contributed by atoms with E-state index in [1.807, 2.05) is 38.1 Å². The summed E-state index contributed by atoms with van der Waals surface area (Å²) >= 11 is 1.51. The molecule has 0 atom stereocenters. The molecule has 0 aromatic heterocycles. The van der Waals surface area contributed by atoms with Gasteiger partial charge in [0.15, 0.2) is 0 Å². The van der Waals surface area contributed by atoms with E-state index >= 15 is 0 Å². The molecule has 1 fully saturated rings. The number of imide groups is 1. The van der Waals surface area contributed by atoms with Crippen molar-refractivity contribution in [2.24, 2.45) is 0 Å². The van der Waals surface area contributed by atoms with Gasteiger partial charge >= 0.3 is 0 Å². The first kappa shape index (κ1) is 21.9. The minimum atomic E-state index is -0.124. The number of thioether (sulfide) groups is 1. The van der Waals surface area contributed by atoms with Crippen LogP contribution in [0.4, 0.5) is 0 Å². The Morgan fingerprint density at radius 2 is 1.48 bits per heavy atom. The van der Waals surface area contributed by atoms with E-state index in [-0.39, 0.29) is 29.2 Å². The number of nitrogens with zero attached hydrogens (tertiary/aromatic N) is 1. The van der Waals surface area contributed by atoms with Crippen LogP contribution in [0.25, 0.3) is 5.57 Å². The molecule has 1 aromatic rings. The normalized spacial score (nSPS) is 19.3. The lowest BCUT2D eigenvalue weighted by Gasteiger charge is -2.28. The molecule has 0 N–H and O–H groups in total. The van der Waals surface area contributed by atoms with Crippen LogP contribution in [0.15, 0.2) is 29.2 Å². The largest absolute Gasteiger partial charge is 0.491 e. The second kappa shape index (κ2) is 9.84. The van der Waals surface area contributed by atoms with Crippen LogP contribution in [0.3, 0.4) is 0 Å². The average Bonchev–Trinajstić information content (AvgIpc) is 2.86. The Labute approximate surface area is 179 Å². The summed E-state index contributed by atoms with van der Waals surface area (Å²) in [5, 5.41) is 0.234. The fourth-order valence-corrected chi connectivity index (χ4v) is 5.12. The minimum Gasteiger partial charge on any atom is -0.491 e. The lowest BCUT2D eigenvalue weighted by Crippen LogP contribution is -2.41. The summed E-state index contributed by atoms with van der Waals surface area (Å²) in [6.45, 7) is 8.09. The molecule has 1 aromatic carbocycles. The zero-order valence-corrected chi connectivity index (χ0v) is 18.9. The van der Waals surface area contributed by atoms with Crippen molar-refractivity contribution in [3.05, 3.63) is 34.7 Å². The van der Waals surface area contributed by atoms with Gasteiger partial charge in [0.2, 0.25) is 0 Å². The van der Waals surface area contributed by atoms with Crippen molar-refractivity contribution in [2.45, 2.75) is 90.0 Å². The van der Waals surface area contributed by atoms with Crippen LogP contribution in [0.2, 0.25) is 0 Å². The highest BCUT2D eigenvalue weighted by Gasteiger charge is 2.42. The number of rotatable bonds is 6. The molecule has 1 heterocycles. The number of amides is 2. The highest BCUT2D eigenvalue weighted by molar-refractivity contribution is 8.04. The van der Waals surface area contributed by atoms with Crippen LogP contribution in [0, 0.1) is 0 Å². The highest BCUT2D eigenvalue weighted by Crippen LogP contribution is 2.40. The maximum Gasteiger partial charge on any atom is 0.268 e. The highest BCUT2D eigenvalue weighted by atomic mass is 32.2. The van der Waals surface area contributed by atoms with Gasteiger partial charge in [0.25, 0.3) is 11.8 Å². The molecule has 158 valence electrons. The van der Waals surface area contributed by atoms with Crippen molar-refractivity contribution in [1.82, 2.24) is 4.90 Å². The van der Waals surface area contributed by atoms with E-state index in [2.05, 4.69) is 13.8 Å². The van der Waals surface area contributed by atoms with E-state index in [1.165, 1.54) is 31.0 Å². The first-order valence-electron chi connectivity index (χ1n) is 10.9. The fourth-order valence-electron chi connectivity index (χ4n) is 4.12. The summed E-state index contributed by atoms with van der Waals surface area (Å²) in [4.78, 5) is 29.0. The second-order valence-electron chi connectivity index (χ2n) is 8.54. The molecule has 1 saturated carbocycles. The van der Waals surface area contributed by atoms with Gasteiger partial charge in [0, 0.05) is 11.3 Å². The summed E-state index contributed by atoms with van der Waals surface area (Å²) in [7, 11) is 0. The van der Waals surface area contributed by atoms with E-state index in [0.717, 1.165) is 37.0 Å². The molecule has 1 aliphatic heterocycles. The molecule has 2 aliphatic rings. The topological polar surface area (TPSA) is 46.6 Å². The maximum absolute atomic E-state index is 13.5. The van der Waals surface area contributed by atoms with Crippen LogP contribution < -0.4 is 4.74 Å². The van der Waals surface area contributed by atoms with E-state index in [0.29, 0.717) is 10.5 Å². The third-order valence-electron chi connectivity index (χ3n) is 5.38. The lowest BCUT2D eigenvalue weighted by molar-refractivity contribution is -0.139. The van der Waals surface area contributed by atoms with Gasteiger partial charge in [0.05, 0.1) is 16.6 Å². The van der Waals surface area contributed by atoms with Crippen LogP contribution in [-0.2, 0) is 9.59 Å². The summed E-state index contributed by atoms with van der Waals surface area (Å²) in [6, 6.07) is 7.60. The minimum absolute atomic E-state index is 0.0270. The number of benzene rings is 1. The van der Waals surface area contributed by atoms with Gasteiger partial charge in [-0.05, 0) is 44.4 Å². The van der Waals surface area contributed by atoms with E-state index < -0.39 is 0 Å². The fraction of sp³-hybridized carbons (Fsp3) is 0.583. The van der Waals surface area contributed by atoms with Gasteiger partial charge in [-0.25, -0.2) is 0 Å². The quantitative estimate of drug-likeness (QED) is 0.550. The molecule has 0 saturated heterocycles. The molecular weight excluding hydrogens is 382 g/mol. The molecular formula is C24H33NO3S. The van der Waals surface area contributed by atoms with Gasteiger partial charge in [0.1, 0.15) is 5.75 Å². The van der Waals surface area contributed by atoms with E-state index in [1.54, 1.807) is 4.90 Å². The molecule has 29 heavy (non-hydrogen) atoms. The van der Waals surface area contributed by atoms with Crippen molar-refractivity contribution in [2.75, 3.05) is 0 Å². The van der Waals surface area contributed by atoms with E-state index in [9.17, 15) is 9.59 Å². The molecule has 2 amide bonds. The van der Waals surface area contributed by atoms with Crippen molar-refractivity contribution >= 4 is 29.1 Å². The standard InChI is InChI=1S/C24H33NO3S/c1-16(2)28-20-14-12-18(13-15-20)21-22(29-17(3)4)24(27)25(23(21)26)19-10-8-6-5-7-9-11-19/h12-17,19H,5-11H2,1-4H3. The van der Waals surface area contributed by atoms with Gasteiger partial charge < -0.3 is 4.74 Å². The molecule has 0 unspecified atom stereocenters. The number of hydrogen-bond donors (Lipinski definition) is 0. The van der Waals surface area contributed by atoms with Crippen LogP contribution in [0.5, 0.6) is 5.75 Å². The Balaban J connectivity index is 1.92. The van der Waals surface area contributed by atoms with Crippen molar-refractivity contribution in [3.63, 3.8) is 0 Å². The van der Waals surface area contributed by atoms with Crippen LogP contribution >= 0.6 is 11.8 Å². The zero-order chi connectivity index (χ0) is 21.0. The summed E-state index contributed by atoms with van der Waals surface area (Å²) in [6.07, 6.45) is 7.76. The molecule has 0 radical (unpaired) electrons. The van der Waals surface area contributed by atoms with Gasteiger partial charge in [-0.3, -0.25) is 14.5 Å².